The van der Waals surface area contributed by atoms with Crippen LogP contribution in [0.2, 0.25) is 0 Å². The largest absolute Gasteiger partial charge is 0.447 e. The molecule has 0 spiro atoms. The van der Waals surface area contributed by atoms with Gasteiger partial charge in [-0.25, -0.2) is 4.79 Å². The molecule has 6 nitrogen and oxygen atoms in total. The Kier molecular flexibility index (Phi) is 5.56. The first-order chi connectivity index (χ1) is 12.0. The predicted molar refractivity (Wildman–Crippen MR) is 94.0 cm³/mol. The number of rotatable bonds is 5. The average molecular weight is 345 g/mol. The second-order valence-electron chi connectivity index (χ2n) is 7.38. The van der Waals surface area contributed by atoms with Crippen LogP contribution in [0.3, 0.4) is 0 Å². The summed E-state index contributed by atoms with van der Waals surface area (Å²) in [5.74, 6) is 0.641. The van der Waals surface area contributed by atoms with Crippen LogP contribution in [-0.4, -0.2) is 58.6 Å². The van der Waals surface area contributed by atoms with E-state index in [0.717, 1.165) is 25.0 Å². The van der Waals surface area contributed by atoms with Crippen LogP contribution < -0.4 is 0 Å². The van der Waals surface area contributed by atoms with Gasteiger partial charge in [-0.05, 0) is 37.3 Å². The lowest BCUT2D eigenvalue weighted by Gasteiger charge is -2.38. The first kappa shape index (κ1) is 17.7. The number of ether oxygens (including phenoxy) is 1. The molecule has 2 amide bonds. The molecule has 25 heavy (non-hydrogen) atoms. The molecular formula is C19H27N3O3. The minimum absolute atomic E-state index is 0.111. The van der Waals surface area contributed by atoms with E-state index in [-0.39, 0.29) is 24.1 Å². The summed E-state index contributed by atoms with van der Waals surface area (Å²) >= 11 is 0. The summed E-state index contributed by atoms with van der Waals surface area (Å²) in [7, 11) is 0. The number of hydrogen-bond donors (Lipinski definition) is 0. The van der Waals surface area contributed by atoms with E-state index < -0.39 is 0 Å². The zero-order valence-electron chi connectivity index (χ0n) is 15.1. The van der Waals surface area contributed by atoms with Gasteiger partial charge in [-0.15, -0.1) is 0 Å². The second-order valence-corrected chi connectivity index (χ2v) is 7.38. The monoisotopic (exact) mass is 345 g/mol. The van der Waals surface area contributed by atoms with E-state index in [4.69, 9.17) is 4.74 Å². The fraction of sp³-hybridized carbons (Fsp3) is 0.632. The van der Waals surface area contributed by atoms with E-state index in [1.165, 1.54) is 0 Å². The molecule has 0 aromatic carbocycles. The molecule has 6 heteroatoms. The number of pyridine rings is 1. The number of carbonyl (C=O) groups is 2. The Morgan fingerprint density at radius 2 is 2.08 bits per heavy atom. The fourth-order valence-electron chi connectivity index (χ4n) is 3.81. The Balaban J connectivity index is 1.54. The van der Waals surface area contributed by atoms with E-state index in [9.17, 15) is 9.59 Å². The van der Waals surface area contributed by atoms with Gasteiger partial charge in [0.15, 0.2) is 0 Å². The quantitative estimate of drug-likeness (QED) is 0.822. The first-order valence-electron chi connectivity index (χ1n) is 9.17. The van der Waals surface area contributed by atoms with E-state index in [0.29, 0.717) is 32.0 Å². The molecule has 136 valence electrons. The molecule has 0 N–H and O–H groups in total. The minimum Gasteiger partial charge on any atom is -0.447 e. The standard InChI is InChI=1S/C19H27N3O3/c1-14(2)11-17-13-25-19(24)22(17)16-6-9-21(10-7-16)18(23)12-15-5-3-4-8-20-15/h3-5,8,14,16-17H,6-7,9-13H2,1-2H3/t17-/m1/s1. The molecule has 3 rings (SSSR count). The Hall–Kier alpha value is -2.11. The maximum atomic E-state index is 12.5. The van der Waals surface area contributed by atoms with Crippen LogP contribution in [0.4, 0.5) is 4.79 Å². The maximum Gasteiger partial charge on any atom is 0.410 e. The smallest absolute Gasteiger partial charge is 0.410 e. The lowest BCUT2D eigenvalue weighted by Crippen LogP contribution is -2.50. The zero-order valence-corrected chi connectivity index (χ0v) is 15.1. The van der Waals surface area contributed by atoms with Gasteiger partial charge in [0, 0.05) is 31.0 Å². The number of nitrogens with zero attached hydrogens (tertiary/aromatic N) is 3. The number of aromatic nitrogens is 1. The molecule has 0 saturated carbocycles. The minimum atomic E-state index is -0.191. The Morgan fingerprint density at radius 3 is 2.72 bits per heavy atom. The molecule has 2 saturated heterocycles. The van der Waals surface area contributed by atoms with Crippen molar-refractivity contribution >= 4 is 12.0 Å². The molecule has 2 aliphatic heterocycles. The maximum absolute atomic E-state index is 12.5. The predicted octanol–water partition coefficient (Wildman–Crippen LogP) is 2.48. The topological polar surface area (TPSA) is 62.7 Å². The number of cyclic esters (lactones) is 1. The van der Waals surface area contributed by atoms with Crippen molar-refractivity contribution < 1.29 is 14.3 Å². The van der Waals surface area contributed by atoms with Crippen LogP contribution in [0.25, 0.3) is 0 Å². The first-order valence-corrected chi connectivity index (χ1v) is 9.17. The Labute approximate surface area is 149 Å². The number of piperidine rings is 1. The molecule has 0 radical (unpaired) electrons. The van der Waals surface area contributed by atoms with Crippen molar-refractivity contribution in [2.24, 2.45) is 5.92 Å². The van der Waals surface area contributed by atoms with Crippen molar-refractivity contribution in [3.63, 3.8) is 0 Å². The van der Waals surface area contributed by atoms with Gasteiger partial charge in [0.1, 0.15) is 6.61 Å². The molecule has 2 aliphatic rings. The summed E-state index contributed by atoms with van der Waals surface area (Å²) in [6, 6.07) is 5.98. The van der Waals surface area contributed by atoms with E-state index in [1.807, 2.05) is 28.0 Å². The molecule has 1 aromatic rings. The van der Waals surface area contributed by atoms with Crippen LogP contribution in [0.5, 0.6) is 0 Å². The van der Waals surface area contributed by atoms with Crippen LogP contribution in [0.1, 0.15) is 38.8 Å². The van der Waals surface area contributed by atoms with Crippen molar-refractivity contribution in [3.8, 4) is 0 Å². The third-order valence-electron chi connectivity index (χ3n) is 5.02. The highest BCUT2D eigenvalue weighted by molar-refractivity contribution is 5.78. The highest BCUT2D eigenvalue weighted by atomic mass is 16.6. The number of likely N-dealkylation sites (tertiary alicyclic amines) is 1. The van der Waals surface area contributed by atoms with Gasteiger partial charge in [-0.2, -0.15) is 0 Å². The summed E-state index contributed by atoms with van der Waals surface area (Å²) in [6.45, 7) is 6.21. The van der Waals surface area contributed by atoms with Crippen LogP contribution in [0, 0.1) is 5.92 Å². The average Bonchev–Trinajstić information content (AvgIpc) is 2.95. The third-order valence-corrected chi connectivity index (χ3v) is 5.02. The highest BCUT2D eigenvalue weighted by Crippen LogP contribution is 2.27. The fourth-order valence-corrected chi connectivity index (χ4v) is 3.81. The van der Waals surface area contributed by atoms with E-state index in [2.05, 4.69) is 18.8 Å². The van der Waals surface area contributed by atoms with Crippen molar-refractivity contribution in [2.75, 3.05) is 19.7 Å². The number of hydrogen-bond acceptors (Lipinski definition) is 4. The van der Waals surface area contributed by atoms with Crippen LogP contribution >= 0.6 is 0 Å². The molecule has 1 atom stereocenters. The lowest BCUT2D eigenvalue weighted by atomic mass is 9.98. The molecule has 0 unspecified atom stereocenters. The second kappa shape index (κ2) is 7.85. The van der Waals surface area contributed by atoms with Crippen molar-refractivity contribution in [2.45, 2.75) is 51.6 Å². The van der Waals surface area contributed by atoms with Gasteiger partial charge in [0.2, 0.25) is 5.91 Å². The van der Waals surface area contributed by atoms with E-state index >= 15 is 0 Å². The summed E-state index contributed by atoms with van der Waals surface area (Å²) < 4.78 is 5.28. The molecule has 3 heterocycles. The molecule has 1 aromatic heterocycles. The van der Waals surface area contributed by atoms with Gasteiger partial charge in [-0.3, -0.25) is 14.7 Å². The Morgan fingerprint density at radius 1 is 1.32 bits per heavy atom. The normalized spacial score (nSPS) is 21.7. The summed E-state index contributed by atoms with van der Waals surface area (Å²) in [5, 5.41) is 0. The molecule has 0 aliphatic carbocycles. The van der Waals surface area contributed by atoms with Crippen molar-refractivity contribution in [3.05, 3.63) is 30.1 Å². The highest BCUT2D eigenvalue weighted by Gasteiger charge is 2.39. The molecule has 2 fully saturated rings. The van der Waals surface area contributed by atoms with Crippen LogP contribution in [0.15, 0.2) is 24.4 Å². The molecule has 0 bridgehead atoms. The van der Waals surface area contributed by atoms with Crippen molar-refractivity contribution in [1.29, 1.82) is 0 Å². The summed E-state index contributed by atoms with van der Waals surface area (Å²) in [6.07, 6.45) is 4.46. The van der Waals surface area contributed by atoms with Gasteiger partial charge in [0.05, 0.1) is 12.5 Å². The SMILES string of the molecule is CC(C)C[C@@H]1COC(=O)N1C1CCN(C(=O)Cc2ccccn2)CC1. The van der Waals surface area contributed by atoms with Gasteiger partial charge in [-0.1, -0.05) is 19.9 Å². The van der Waals surface area contributed by atoms with Gasteiger partial charge in [0.25, 0.3) is 0 Å². The zero-order chi connectivity index (χ0) is 17.8. The van der Waals surface area contributed by atoms with Crippen molar-refractivity contribution in [1.82, 2.24) is 14.8 Å². The number of amides is 2. The van der Waals surface area contributed by atoms with E-state index in [1.54, 1.807) is 6.20 Å². The molecular weight excluding hydrogens is 318 g/mol. The Bertz CT molecular complexity index is 597. The van der Waals surface area contributed by atoms with Gasteiger partial charge < -0.3 is 9.64 Å². The summed E-state index contributed by atoms with van der Waals surface area (Å²) in [4.78, 5) is 32.6. The van der Waals surface area contributed by atoms with Crippen LogP contribution in [-0.2, 0) is 16.0 Å². The number of carbonyl (C=O) groups excluding carboxylic acids is 2. The summed E-state index contributed by atoms with van der Waals surface area (Å²) in [5.41, 5.74) is 0.801. The van der Waals surface area contributed by atoms with Gasteiger partial charge >= 0.3 is 6.09 Å². The lowest BCUT2D eigenvalue weighted by molar-refractivity contribution is -0.132. The third kappa shape index (κ3) is 4.30.